The first-order valence-corrected chi connectivity index (χ1v) is 9.06. The van der Waals surface area contributed by atoms with Crippen molar-refractivity contribution in [2.75, 3.05) is 31.1 Å². The Balaban J connectivity index is 1.63. The van der Waals surface area contributed by atoms with Gasteiger partial charge in [0.1, 0.15) is 5.69 Å². The molecular weight excluding hydrogens is 320 g/mol. The van der Waals surface area contributed by atoms with Crippen molar-refractivity contribution in [1.29, 1.82) is 0 Å². The normalized spacial score (nSPS) is 23.5. The maximum atomic E-state index is 12.2. The lowest BCUT2D eigenvalue weighted by molar-refractivity contribution is -0.384. The molecule has 0 radical (unpaired) electrons. The third kappa shape index (κ3) is 4.10. The van der Waals surface area contributed by atoms with Crippen LogP contribution in [0.2, 0.25) is 0 Å². The minimum atomic E-state index is -0.306. The predicted molar refractivity (Wildman–Crippen MR) is 96.8 cm³/mol. The van der Waals surface area contributed by atoms with Gasteiger partial charge in [0.05, 0.1) is 11.0 Å². The highest BCUT2D eigenvalue weighted by Gasteiger charge is 2.28. The molecule has 0 saturated carbocycles. The fraction of sp³-hybridized carbons (Fsp3) is 0.611. The number of aryl methyl sites for hydroxylation is 1. The molecule has 0 aliphatic carbocycles. The zero-order chi connectivity index (χ0) is 17.8. The van der Waals surface area contributed by atoms with E-state index in [-0.39, 0.29) is 22.6 Å². The van der Waals surface area contributed by atoms with E-state index in [1.165, 1.54) is 0 Å². The Bertz CT molecular complexity index is 643. The Kier molecular flexibility index (Phi) is 5.53. The Labute approximate surface area is 147 Å². The van der Waals surface area contributed by atoms with Crippen LogP contribution < -0.4 is 15.5 Å². The number of benzene rings is 1. The molecule has 2 fully saturated rings. The summed E-state index contributed by atoms with van der Waals surface area (Å²) >= 11 is 0. The SMILES string of the molecule is Cc1cccc([N+](=O)[O-])c1N1CCCC(CNC(=O)C2CCCN2)C1. The van der Waals surface area contributed by atoms with Crippen LogP contribution in [0.1, 0.15) is 31.2 Å². The molecule has 7 heteroatoms. The molecule has 2 saturated heterocycles. The summed E-state index contributed by atoms with van der Waals surface area (Å²) in [7, 11) is 0. The van der Waals surface area contributed by atoms with Gasteiger partial charge in [0, 0.05) is 25.7 Å². The van der Waals surface area contributed by atoms with Gasteiger partial charge >= 0.3 is 0 Å². The third-order valence-corrected chi connectivity index (χ3v) is 5.19. The molecule has 0 bridgehead atoms. The first kappa shape index (κ1) is 17.7. The van der Waals surface area contributed by atoms with E-state index in [9.17, 15) is 14.9 Å². The van der Waals surface area contributed by atoms with Gasteiger partial charge in [-0.05, 0) is 50.6 Å². The number of nitrogens with zero attached hydrogens (tertiary/aromatic N) is 2. The van der Waals surface area contributed by atoms with Gasteiger partial charge in [-0.15, -0.1) is 0 Å². The Hall–Kier alpha value is -2.15. The van der Waals surface area contributed by atoms with Crippen LogP contribution in [0.5, 0.6) is 0 Å². The first-order valence-electron chi connectivity index (χ1n) is 9.06. The highest BCUT2D eigenvalue weighted by atomic mass is 16.6. The number of hydrogen-bond acceptors (Lipinski definition) is 5. The first-order chi connectivity index (χ1) is 12.1. The second-order valence-corrected chi connectivity index (χ2v) is 7.05. The predicted octanol–water partition coefficient (Wildman–Crippen LogP) is 1.99. The number of hydrogen-bond donors (Lipinski definition) is 2. The summed E-state index contributed by atoms with van der Waals surface area (Å²) in [5.74, 6) is 0.398. The molecule has 2 N–H and O–H groups in total. The molecule has 2 aliphatic rings. The van der Waals surface area contributed by atoms with Crippen LogP contribution in [0.25, 0.3) is 0 Å². The van der Waals surface area contributed by atoms with Gasteiger partial charge in [-0.25, -0.2) is 0 Å². The summed E-state index contributed by atoms with van der Waals surface area (Å²) in [5.41, 5.74) is 1.81. The van der Waals surface area contributed by atoms with Gasteiger partial charge in [-0.2, -0.15) is 0 Å². The van der Waals surface area contributed by atoms with Crippen LogP contribution in [-0.2, 0) is 4.79 Å². The average Bonchev–Trinajstić information content (AvgIpc) is 3.14. The van der Waals surface area contributed by atoms with Crippen LogP contribution in [0, 0.1) is 23.0 Å². The van der Waals surface area contributed by atoms with Crippen LogP contribution in [0.3, 0.4) is 0 Å². The second kappa shape index (κ2) is 7.82. The van der Waals surface area contributed by atoms with Gasteiger partial charge in [0.25, 0.3) is 5.69 Å². The van der Waals surface area contributed by atoms with Crippen LogP contribution >= 0.6 is 0 Å². The zero-order valence-electron chi connectivity index (χ0n) is 14.7. The maximum absolute atomic E-state index is 12.2. The van der Waals surface area contributed by atoms with Crippen molar-refractivity contribution >= 4 is 17.3 Å². The molecule has 0 aromatic heterocycles. The van der Waals surface area contributed by atoms with Crippen molar-refractivity contribution in [3.8, 4) is 0 Å². The summed E-state index contributed by atoms with van der Waals surface area (Å²) in [6.07, 6.45) is 3.96. The Morgan fingerprint density at radius 3 is 2.96 bits per heavy atom. The number of piperidine rings is 1. The number of anilines is 1. The molecule has 1 aromatic carbocycles. The number of rotatable bonds is 5. The summed E-state index contributed by atoms with van der Waals surface area (Å²) < 4.78 is 0. The molecule has 1 aromatic rings. The lowest BCUT2D eigenvalue weighted by Crippen LogP contribution is -2.45. The standard InChI is InChI=1S/C18H26N4O3/c1-13-5-2-8-16(22(24)25)17(13)21-10-4-6-14(12-21)11-20-18(23)15-7-3-9-19-15/h2,5,8,14-15,19H,3-4,6-7,9-12H2,1H3,(H,20,23). The number of nitrogens with one attached hydrogen (secondary N) is 2. The molecular formula is C18H26N4O3. The number of carbonyl (C=O) groups is 1. The molecule has 2 aliphatic heterocycles. The van der Waals surface area contributed by atoms with E-state index in [1.54, 1.807) is 12.1 Å². The van der Waals surface area contributed by atoms with Gasteiger partial charge in [-0.1, -0.05) is 12.1 Å². The summed E-state index contributed by atoms with van der Waals surface area (Å²) in [6, 6.07) is 5.16. The Morgan fingerprint density at radius 2 is 2.24 bits per heavy atom. The van der Waals surface area contributed by atoms with Gasteiger partial charge in [0.15, 0.2) is 0 Å². The smallest absolute Gasteiger partial charge is 0.292 e. The molecule has 7 nitrogen and oxygen atoms in total. The number of nitro benzene ring substituents is 1. The fourth-order valence-corrected chi connectivity index (χ4v) is 3.91. The number of carbonyl (C=O) groups excluding carboxylic acids is 1. The van der Waals surface area contributed by atoms with Gasteiger partial charge in [-0.3, -0.25) is 14.9 Å². The van der Waals surface area contributed by atoms with Crippen molar-refractivity contribution in [3.05, 3.63) is 33.9 Å². The van der Waals surface area contributed by atoms with Gasteiger partial charge < -0.3 is 15.5 Å². The monoisotopic (exact) mass is 346 g/mol. The average molecular weight is 346 g/mol. The largest absolute Gasteiger partial charge is 0.365 e. The molecule has 1 amide bonds. The molecule has 2 heterocycles. The molecule has 2 atom stereocenters. The van der Waals surface area contributed by atoms with Crippen molar-refractivity contribution in [2.24, 2.45) is 5.92 Å². The van der Waals surface area contributed by atoms with Crippen LogP contribution in [0.4, 0.5) is 11.4 Å². The Morgan fingerprint density at radius 1 is 1.40 bits per heavy atom. The minimum absolute atomic E-state index is 0.0582. The maximum Gasteiger partial charge on any atom is 0.292 e. The third-order valence-electron chi connectivity index (χ3n) is 5.19. The van der Waals surface area contributed by atoms with E-state index in [0.29, 0.717) is 12.5 Å². The molecule has 2 unspecified atom stereocenters. The minimum Gasteiger partial charge on any atom is -0.365 e. The van der Waals surface area contributed by atoms with Crippen molar-refractivity contribution in [2.45, 2.75) is 38.6 Å². The number of nitro groups is 1. The van der Waals surface area contributed by atoms with E-state index < -0.39 is 0 Å². The number of para-hydroxylation sites is 1. The topological polar surface area (TPSA) is 87.5 Å². The van der Waals surface area contributed by atoms with E-state index in [0.717, 1.165) is 56.6 Å². The second-order valence-electron chi connectivity index (χ2n) is 7.05. The number of amides is 1. The molecule has 25 heavy (non-hydrogen) atoms. The van der Waals surface area contributed by atoms with E-state index >= 15 is 0 Å². The van der Waals surface area contributed by atoms with E-state index in [4.69, 9.17) is 0 Å². The highest BCUT2D eigenvalue weighted by Crippen LogP contribution is 2.34. The summed E-state index contributed by atoms with van der Waals surface area (Å²) in [6.45, 7) is 5.02. The van der Waals surface area contributed by atoms with Gasteiger partial charge in [0.2, 0.25) is 5.91 Å². The fourth-order valence-electron chi connectivity index (χ4n) is 3.91. The highest BCUT2D eigenvalue weighted by molar-refractivity contribution is 5.82. The zero-order valence-corrected chi connectivity index (χ0v) is 14.7. The lowest BCUT2D eigenvalue weighted by atomic mass is 9.96. The van der Waals surface area contributed by atoms with Crippen molar-refractivity contribution < 1.29 is 9.72 Å². The summed E-state index contributed by atoms with van der Waals surface area (Å²) in [4.78, 5) is 25.3. The summed E-state index contributed by atoms with van der Waals surface area (Å²) in [5, 5.41) is 17.6. The van der Waals surface area contributed by atoms with E-state index in [2.05, 4.69) is 15.5 Å². The van der Waals surface area contributed by atoms with E-state index in [1.807, 2.05) is 13.0 Å². The quantitative estimate of drug-likeness (QED) is 0.629. The lowest BCUT2D eigenvalue weighted by Gasteiger charge is -2.35. The van der Waals surface area contributed by atoms with Crippen LogP contribution in [0.15, 0.2) is 18.2 Å². The molecule has 0 spiro atoms. The van der Waals surface area contributed by atoms with Crippen LogP contribution in [-0.4, -0.2) is 43.1 Å². The van der Waals surface area contributed by atoms with Crippen molar-refractivity contribution in [1.82, 2.24) is 10.6 Å². The molecule has 3 rings (SSSR count). The van der Waals surface area contributed by atoms with Crippen molar-refractivity contribution in [3.63, 3.8) is 0 Å². The molecule has 136 valence electrons.